The minimum absolute atomic E-state index is 0.0333. The first-order chi connectivity index (χ1) is 33.0. The molecule has 0 aliphatic carbocycles. The van der Waals surface area contributed by atoms with Crippen LogP contribution in [0.3, 0.4) is 0 Å². The van der Waals surface area contributed by atoms with Gasteiger partial charge >= 0.3 is 5.97 Å². The van der Waals surface area contributed by atoms with Gasteiger partial charge in [0.05, 0.1) is 25.2 Å². The quantitative estimate of drug-likeness (QED) is 0.0321. The van der Waals surface area contributed by atoms with Crippen molar-refractivity contribution in [1.82, 2.24) is 5.32 Å². The van der Waals surface area contributed by atoms with Crippen molar-refractivity contribution in [2.24, 2.45) is 0 Å². The second kappa shape index (κ2) is 53.7. The number of rotatable bonds is 49. The van der Waals surface area contributed by atoms with E-state index in [1.54, 1.807) is 0 Å². The Morgan fingerprint density at radius 2 is 0.806 bits per heavy atom. The topological polar surface area (TPSA) is 95.9 Å². The highest BCUT2D eigenvalue weighted by molar-refractivity contribution is 5.77. The van der Waals surface area contributed by atoms with Gasteiger partial charge in [-0.25, -0.2) is 0 Å². The fourth-order valence-electron chi connectivity index (χ4n) is 7.93. The molecule has 0 rings (SSSR count). The first-order valence-corrected chi connectivity index (χ1v) is 28.0. The van der Waals surface area contributed by atoms with Crippen LogP contribution in [0.4, 0.5) is 0 Å². The van der Waals surface area contributed by atoms with Gasteiger partial charge in [0.15, 0.2) is 0 Å². The highest BCUT2D eigenvalue weighted by Gasteiger charge is 2.24. The summed E-state index contributed by atoms with van der Waals surface area (Å²) in [5, 5.41) is 23.8. The average Bonchev–Trinajstić information content (AvgIpc) is 3.32. The SMILES string of the molecule is CC/C=C\C/C=C\C/C=C\C/C=C\C/C=C\CCCCCC(=O)OC(CCCC/C=C\C/C=C\C/C=C\CCCCC)CC(=O)NC(CO)C(O)CCCCCCCCCCCCCCCC. The molecule has 0 saturated carbocycles. The predicted molar refractivity (Wildman–Crippen MR) is 291 cm³/mol. The zero-order chi connectivity index (χ0) is 48.8. The number of hydrogen-bond acceptors (Lipinski definition) is 5. The van der Waals surface area contributed by atoms with Crippen LogP contribution in [0.2, 0.25) is 0 Å². The van der Waals surface area contributed by atoms with Crippen molar-refractivity contribution < 1.29 is 24.5 Å². The zero-order valence-electron chi connectivity index (χ0n) is 43.8. The fourth-order valence-corrected chi connectivity index (χ4v) is 7.93. The molecular formula is C61H105NO5. The summed E-state index contributed by atoms with van der Waals surface area (Å²) in [5.74, 6) is -0.553. The summed E-state index contributed by atoms with van der Waals surface area (Å²) in [7, 11) is 0. The van der Waals surface area contributed by atoms with Gasteiger partial charge in [-0.1, -0.05) is 227 Å². The molecule has 0 aliphatic rings. The maximum atomic E-state index is 13.2. The summed E-state index contributed by atoms with van der Waals surface area (Å²) < 4.78 is 5.92. The van der Waals surface area contributed by atoms with Crippen LogP contribution in [0.1, 0.15) is 252 Å². The first-order valence-electron chi connectivity index (χ1n) is 28.0. The van der Waals surface area contributed by atoms with Crippen molar-refractivity contribution in [1.29, 1.82) is 0 Å². The Kier molecular flexibility index (Phi) is 51.1. The van der Waals surface area contributed by atoms with Crippen LogP contribution in [0.25, 0.3) is 0 Å². The van der Waals surface area contributed by atoms with Crippen LogP contribution in [0, 0.1) is 0 Å². The average molecular weight is 933 g/mol. The van der Waals surface area contributed by atoms with E-state index in [4.69, 9.17) is 4.74 Å². The summed E-state index contributed by atoms with van der Waals surface area (Å²) in [4.78, 5) is 26.2. The molecule has 6 nitrogen and oxygen atoms in total. The lowest BCUT2D eigenvalue weighted by Crippen LogP contribution is -2.46. The molecule has 0 aromatic rings. The molecule has 384 valence electrons. The van der Waals surface area contributed by atoms with Crippen LogP contribution in [0.5, 0.6) is 0 Å². The highest BCUT2D eigenvalue weighted by Crippen LogP contribution is 2.17. The molecule has 0 heterocycles. The van der Waals surface area contributed by atoms with Crippen molar-refractivity contribution in [3.8, 4) is 0 Å². The Hall–Kier alpha value is -3.22. The molecule has 0 bridgehead atoms. The zero-order valence-corrected chi connectivity index (χ0v) is 43.8. The molecule has 3 atom stereocenters. The number of nitrogens with one attached hydrogen (secondary N) is 1. The molecule has 0 saturated heterocycles. The Labute approximate surface area is 414 Å². The van der Waals surface area contributed by atoms with E-state index in [-0.39, 0.29) is 24.9 Å². The predicted octanol–water partition coefficient (Wildman–Crippen LogP) is 17.3. The number of aliphatic hydroxyl groups is 2. The highest BCUT2D eigenvalue weighted by atomic mass is 16.5. The first kappa shape index (κ1) is 63.8. The molecule has 0 aliphatic heterocycles. The van der Waals surface area contributed by atoms with E-state index in [0.717, 1.165) is 109 Å². The normalized spacial score (nSPS) is 13.9. The molecular weight excluding hydrogens is 827 g/mol. The number of aliphatic hydroxyl groups excluding tert-OH is 2. The summed E-state index contributed by atoms with van der Waals surface area (Å²) in [6, 6.07) is -0.727. The van der Waals surface area contributed by atoms with Crippen molar-refractivity contribution in [3.05, 3.63) is 97.2 Å². The molecule has 0 spiro atoms. The van der Waals surface area contributed by atoms with Gasteiger partial charge in [0.25, 0.3) is 0 Å². The molecule has 3 unspecified atom stereocenters. The number of hydrogen-bond donors (Lipinski definition) is 3. The van der Waals surface area contributed by atoms with Crippen molar-refractivity contribution >= 4 is 11.9 Å². The van der Waals surface area contributed by atoms with Gasteiger partial charge in [0.2, 0.25) is 5.91 Å². The van der Waals surface area contributed by atoms with Gasteiger partial charge in [-0.05, 0) is 109 Å². The fraction of sp³-hybridized carbons (Fsp3) is 0.705. The van der Waals surface area contributed by atoms with Crippen molar-refractivity contribution in [2.45, 2.75) is 270 Å². The molecule has 0 radical (unpaired) electrons. The lowest BCUT2D eigenvalue weighted by molar-refractivity contribution is -0.151. The molecule has 0 aromatic carbocycles. The van der Waals surface area contributed by atoms with E-state index in [1.807, 2.05) is 0 Å². The van der Waals surface area contributed by atoms with Gasteiger partial charge in [-0.3, -0.25) is 9.59 Å². The van der Waals surface area contributed by atoms with E-state index in [0.29, 0.717) is 19.3 Å². The van der Waals surface area contributed by atoms with Gasteiger partial charge in [0, 0.05) is 6.42 Å². The minimum atomic E-state index is -0.810. The van der Waals surface area contributed by atoms with Gasteiger partial charge in [-0.15, -0.1) is 0 Å². The van der Waals surface area contributed by atoms with E-state index in [9.17, 15) is 19.8 Å². The van der Waals surface area contributed by atoms with Gasteiger partial charge in [-0.2, -0.15) is 0 Å². The number of esters is 1. The monoisotopic (exact) mass is 932 g/mol. The third kappa shape index (κ3) is 49.0. The van der Waals surface area contributed by atoms with Gasteiger partial charge < -0.3 is 20.3 Å². The number of allylic oxidation sites excluding steroid dienone is 16. The number of ether oxygens (including phenoxy) is 1. The lowest BCUT2D eigenvalue weighted by Gasteiger charge is -2.24. The Bertz CT molecular complexity index is 1320. The second-order valence-corrected chi connectivity index (χ2v) is 18.6. The Balaban J connectivity index is 4.70. The van der Waals surface area contributed by atoms with E-state index in [1.165, 1.54) is 96.3 Å². The molecule has 6 heteroatoms. The third-order valence-corrected chi connectivity index (χ3v) is 12.1. The summed E-state index contributed by atoms with van der Waals surface area (Å²) >= 11 is 0. The maximum Gasteiger partial charge on any atom is 0.306 e. The Morgan fingerprint density at radius 1 is 0.448 bits per heavy atom. The van der Waals surface area contributed by atoms with Crippen LogP contribution < -0.4 is 5.32 Å². The van der Waals surface area contributed by atoms with Crippen LogP contribution in [-0.2, 0) is 14.3 Å². The lowest BCUT2D eigenvalue weighted by atomic mass is 10.0. The molecule has 0 aromatic heterocycles. The summed E-state index contributed by atoms with van der Waals surface area (Å²) in [6.45, 7) is 6.33. The van der Waals surface area contributed by atoms with E-state index < -0.39 is 18.2 Å². The van der Waals surface area contributed by atoms with Crippen LogP contribution >= 0.6 is 0 Å². The van der Waals surface area contributed by atoms with Crippen molar-refractivity contribution in [2.75, 3.05) is 6.61 Å². The van der Waals surface area contributed by atoms with E-state index in [2.05, 4.69) is 123 Å². The second-order valence-electron chi connectivity index (χ2n) is 18.6. The van der Waals surface area contributed by atoms with Crippen LogP contribution in [0.15, 0.2) is 97.2 Å². The Morgan fingerprint density at radius 3 is 1.25 bits per heavy atom. The number of amides is 1. The van der Waals surface area contributed by atoms with Crippen LogP contribution in [-0.4, -0.2) is 46.9 Å². The van der Waals surface area contributed by atoms with Gasteiger partial charge in [0.1, 0.15) is 6.10 Å². The van der Waals surface area contributed by atoms with Crippen molar-refractivity contribution in [3.63, 3.8) is 0 Å². The summed E-state index contributed by atoms with van der Waals surface area (Å²) in [5.41, 5.74) is 0. The number of unbranched alkanes of at least 4 members (excludes halogenated alkanes) is 21. The molecule has 67 heavy (non-hydrogen) atoms. The minimum Gasteiger partial charge on any atom is -0.462 e. The van der Waals surface area contributed by atoms with E-state index >= 15 is 0 Å². The number of carbonyl (C=O) groups is 2. The maximum absolute atomic E-state index is 13.2. The summed E-state index contributed by atoms with van der Waals surface area (Å²) in [6.07, 6.45) is 71.8. The molecule has 3 N–H and O–H groups in total. The number of carbonyl (C=O) groups excluding carboxylic acids is 2. The standard InChI is InChI=1S/C61H105NO5/c1-4-7-10-13-16-19-22-25-28-29-30-31-33-36-39-42-45-48-51-54-61(66)67-57(52-49-46-43-40-37-34-32-26-23-20-17-14-11-8-5-2)55-60(65)62-58(56-63)59(64)53-50-47-44-41-38-35-27-24-21-18-15-12-9-6-3/h7,10,16-17,19-20,25-26,28,30-32,36-37,39-40,57-59,63-64H,4-6,8-9,11-15,18,21-24,27,29,33-35,38,41-56H2,1-3H3,(H,62,65)/b10-7-,19-16-,20-17-,28-25-,31-30-,32-26-,39-36-,40-37-. The smallest absolute Gasteiger partial charge is 0.306 e. The largest absolute Gasteiger partial charge is 0.462 e. The molecule has 1 amide bonds. The third-order valence-electron chi connectivity index (χ3n) is 12.1. The molecule has 0 fully saturated rings.